The van der Waals surface area contributed by atoms with Gasteiger partial charge in [0.25, 0.3) is 0 Å². The minimum Gasteiger partial charge on any atom is -0.391 e. The van der Waals surface area contributed by atoms with E-state index >= 15 is 0 Å². The third-order valence-electron chi connectivity index (χ3n) is 4.50. The average Bonchev–Trinajstić information content (AvgIpc) is 2.32. The quantitative estimate of drug-likeness (QED) is 0.757. The van der Waals surface area contributed by atoms with Crippen LogP contribution in [-0.4, -0.2) is 35.2 Å². The summed E-state index contributed by atoms with van der Waals surface area (Å²) in [6, 6.07) is 0.404. The summed E-state index contributed by atoms with van der Waals surface area (Å²) in [5.74, 6) is 2.27. The molecule has 114 valence electrons. The third-order valence-corrected chi connectivity index (χ3v) is 4.50. The predicted molar refractivity (Wildman–Crippen MR) is 83.3 cm³/mol. The number of nitrogens with zero attached hydrogens (tertiary/aromatic N) is 1. The van der Waals surface area contributed by atoms with Crippen molar-refractivity contribution in [1.82, 2.24) is 4.90 Å². The molecule has 2 nitrogen and oxygen atoms in total. The van der Waals surface area contributed by atoms with Gasteiger partial charge in [0.05, 0.1) is 6.10 Å². The fourth-order valence-corrected chi connectivity index (χ4v) is 3.02. The lowest BCUT2D eigenvalue weighted by Gasteiger charge is -2.40. The van der Waals surface area contributed by atoms with Crippen molar-refractivity contribution >= 4 is 0 Å². The van der Waals surface area contributed by atoms with E-state index in [1.165, 1.54) is 25.7 Å². The van der Waals surface area contributed by atoms with Crippen molar-refractivity contribution < 1.29 is 5.11 Å². The van der Waals surface area contributed by atoms with Gasteiger partial charge in [-0.1, -0.05) is 34.6 Å². The Morgan fingerprint density at radius 3 is 2.00 bits per heavy atom. The Hall–Kier alpha value is -0.0800. The van der Waals surface area contributed by atoms with Crippen molar-refractivity contribution in [2.75, 3.05) is 13.1 Å². The summed E-state index contributed by atoms with van der Waals surface area (Å²) in [6.07, 6.45) is 5.75. The largest absolute Gasteiger partial charge is 0.391 e. The zero-order chi connectivity index (χ0) is 14.4. The van der Waals surface area contributed by atoms with Gasteiger partial charge in [-0.2, -0.15) is 0 Å². The highest BCUT2D eigenvalue weighted by molar-refractivity contribution is 4.86. The molecule has 3 atom stereocenters. The summed E-state index contributed by atoms with van der Waals surface area (Å²) >= 11 is 0. The first-order chi connectivity index (χ1) is 8.90. The summed E-state index contributed by atoms with van der Waals surface area (Å²) < 4.78 is 0. The zero-order valence-electron chi connectivity index (χ0n) is 13.7. The molecule has 1 N–H and O–H groups in total. The van der Waals surface area contributed by atoms with Gasteiger partial charge in [-0.15, -0.1) is 0 Å². The van der Waals surface area contributed by atoms with Gasteiger partial charge in [0, 0.05) is 6.04 Å². The van der Waals surface area contributed by atoms with Crippen molar-refractivity contribution in [3.8, 4) is 0 Å². The maximum Gasteiger partial charge on any atom is 0.0695 e. The van der Waals surface area contributed by atoms with E-state index in [4.69, 9.17) is 0 Å². The molecular weight excluding hydrogens is 234 g/mol. The Kier molecular flexibility index (Phi) is 7.38. The Morgan fingerprint density at radius 2 is 1.53 bits per heavy atom. The van der Waals surface area contributed by atoms with Crippen LogP contribution in [0, 0.1) is 17.8 Å². The topological polar surface area (TPSA) is 23.5 Å². The molecule has 0 radical (unpaired) electrons. The second-order valence-electron chi connectivity index (χ2n) is 7.45. The Labute approximate surface area is 120 Å². The van der Waals surface area contributed by atoms with E-state index in [0.717, 1.165) is 37.3 Å². The van der Waals surface area contributed by atoms with Crippen LogP contribution >= 0.6 is 0 Å². The van der Waals surface area contributed by atoms with E-state index in [2.05, 4.69) is 39.5 Å². The molecule has 1 rings (SSSR count). The van der Waals surface area contributed by atoms with Crippen molar-refractivity contribution in [2.24, 2.45) is 17.8 Å². The van der Waals surface area contributed by atoms with Crippen molar-refractivity contribution in [3.05, 3.63) is 0 Å². The molecule has 0 saturated heterocycles. The molecule has 0 aliphatic heterocycles. The average molecular weight is 269 g/mol. The molecule has 0 heterocycles. The van der Waals surface area contributed by atoms with Gasteiger partial charge < -0.3 is 5.11 Å². The van der Waals surface area contributed by atoms with E-state index in [1.54, 1.807) is 0 Å². The van der Waals surface area contributed by atoms with Crippen LogP contribution in [0.3, 0.4) is 0 Å². The molecule has 3 unspecified atom stereocenters. The molecule has 0 amide bonds. The Bertz CT molecular complexity index is 227. The minimum atomic E-state index is -0.101. The van der Waals surface area contributed by atoms with Crippen LogP contribution in [-0.2, 0) is 0 Å². The summed E-state index contributed by atoms with van der Waals surface area (Å²) in [7, 11) is 0. The van der Waals surface area contributed by atoms with Crippen molar-refractivity contribution in [1.29, 1.82) is 0 Å². The van der Waals surface area contributed by atoms with Crippen LogP contribution in [0.25, 0.3) is 0 Å². The number of aliphatic hydroxyl groups excluding tert-OH is 1. The molecule has 1 saturated carbocycles. The molecular formula is C17H35NO. The molecule has 2 heteroatoms. The van der Waals surface area contributed by atoms with Crippen molar-refractivity contribution in [3.63, 3.8) is 0 Å². The lowest BCUT2D eigenvalue weighted by molar-refractivity contribution is 0.00203. The van der Waals surface area contributed by atoms with Gasteiger partial charge in [0.2, 0.25) is 0 Å². The van der Waals surface area contributed by atoms with Gasteiger partial charge in [-0.3, -0.25) is 4.90 Å². The molecule has 1 aliphatic rings. The summed E-state index contributed by atoms with van der Waals surface area (Å²) in [5, 5.41) is 10.3. The predicted octanol–water partition coefficient (Wildman–Crippen LogP) is 3.93. The van der Waals surface area contributed by atoms with E-state index in [-0.39, 0.29) is 6.10 Å². The number of hydrogen-bond donors (Lipinski definition) is 1. The monoisotopic (exact) mass is 269 g/mol. The van der Waals surface area contributed by atoms with Gasteiger partial charge in [-0.25, -0.2) is 0 Å². The van der Waals surface area contributed by atoms with Crippen LogP contribution in [0.5, 0.6) is 0 Å². The number of aliphatic hydroxyl groups is 1. The van der Waals surface area contributed by atoms with Gasteiger partial charge in [0.1, 0.15) is 0 Å². The van der Waals surface area contributed by atoms with Gasteiger partial charge in [-0.05, 0) is 62.9 Å². The van der Waals surface area contributed by atoms with Gasteiger partial charge in [0.15, 0.2) is 0 Å². The van der Waals surface area contributed by atoms with E-state index in [9.17, 15) is 5.11 Å². The van der Waals surface area contributed by atoms with Crippen LogP contribution in [0.2, 0.25) is 0 Å². The highest BCUT2D eigenvalue weighted by Crippen LogP contribution is 2.28. The third kappa shape index (κ3) is 6.27. The fourth-order valence-electron chi connectivity index (χ4n) is 3.02. The minimum absolute atomic E-state index is 0.101. The maximum absolute atomic E-state index is 10.3. The molecule has 0 aromatic carbocycles. The Balaban J connectivity index is 2.58. The molecule has 1 aliphatic carbocycles. The summed E-state index contributed by atoms with van der Waals surface area (Å²) in [4.78, 5) is 2.58. The summed E-state index contributed by atoms with van der Waals surface area (Å²) in [5.41, 5.74) is 0. The molecule has 0 aromatic rings. The molecule has 0 bridgehead atoms. The second kappa shape index (κ2) is 8.26. The normalized spacial score (nSPS) is 28.6. The lowest BCUT2D eigenvalue weighted by Crippen LogP contribution is -2.48. The van der Waals surface area contributed by atoms with Crippen LogP contribution < -0.4 is 0 Å². The van der Waals surface area contributed by atoms with Crippen LogP contribution in [0.15, 0.2) is 0 Å². The smallest absolute Gasteiger partial charge is 0.0695 e. The molecule has 19 heavy (non-hydrogen) atoms. The standard InChI is InChI=1S/C17H35NO/c1-13(2)8-10-18(11-9-14(3)4)16-12-15(5)6-7-17(16)19/h13-17,19H,6-12H2,1-5H3. The SMILES string of the molecule is CC(C)CCN(CCC(C)C)C1CC(C)CCC1O. The zero-order valence-corrected chi connectivity index (χ0v) is 13.7. The first kappa shape index (κ1) is 17.0. The summed E-state index contributed by atoms with van der Waals surface area (Å²) in [6.45, 7) is 13.8. The first-order valence-corrected chi connectivity index (χ1v) is 8.32. The first-order valence-electron chi connectivity index (χ1n) is 8.32. The number of hydrogen-bond acceptors (Lipinski definition) is 2. The van der Waals surface area contributed by atoms with E-state index in [1.807, 2.05) is 0 Å². The van der Waals surface area contributed by atoms with E-state index in [0.29, 0.717) is 6.04 Å². The van der Waals surface area contributed by atoms with Crippen LogP contribution in [0.4, 0.5) is 0 Å². The highest BCUT2D eigenvalue weighted by atomic mass is 16.3. The number of rotatable bonds is 7. The lowest BCUT2D eigenvalue weighted by atomic mass is 9.83. The second-order valence-corrected chi connectivity index (χ2v) is 7.45. The highest BCUT2D eigenvalue weighted by Gasteiger charge is 2.31. The molecule has 0 aromatic heterocycles. The maximum atomic E-state index is 10.3. The molecule has 1 fully saturated rings. The molecule has 0 spiro atoms. The Morgan fingerprint density at radius 1 is 1.00 bits per heavy atom. The van der Waals surface area contributed by atoms with E-state index < -0.39 is 0 Å². The fraction of sp³-hybridized carbons (Fsp3) is 1.00. The van der Waals surface area contributed by atoms with Gasteiger partial charge >= 0.3 is 0 Å². The van der Waals surface area contributed by atoms with Crippen LogP contribution in [0.1, 0.15) is 66.7 Å². The van der Waals surface area contributed by atoms with Crippen molar-refractivity contribution in [2.45, 2.75) is 78.9 Å².